The second kappa shape index (κ2) is 15.0. The predicted molar refractivity (Wildman–Crippen MR) is 172 cm³/mol. The van der Waals surface area contributed by atoms with E-state index in [1.807, 2.05) is 0 Å². The topological polar surface area (TPSA) is 190 Å². The first-order chi connectivity index (χ1) is 22.3. The minimum Gasteiger partial charge on any atom is -0.496 e. The first-order valence-electron chi connectivity index (χ1n) is 15.4. The van der Waals surface area contributed by atoms with Gasteiger partial charge in [-0.1, -0.05) is 42.5 Å². The molecule has 3 aromatic rings. The number of benzene rings is 2. The number of primary amides is 1. The molecule has 47 heavy (non-hydrogen) atoms. The van der Waals surface area contributed by atoms with Crippen molar-refractivity contribution in [2.45, 2.75) is 76.3 Å². The number of aromatic nitrogens is 1. The van der Waals surface area contributed by atoms with Crippen LogP contribution in [0.25, 0.3) is 10.9 Å². The fraction of sp³-hybridized carbons (Fsp3) is 0.412. The molecule has 4 amide bonds. The van der Waals surface area contributed by atoms with E-state index >= 15 is 0 Å². The average molecular weight is 648 g/mol. The van der Waals surface area contributed by atoms with Crippen LogP contribution in [0.1, 0.15) is 56.1 Å². The van der Waals surface area contributed by atoms with Gasteiger partial charge >= 0.3 is 5.97 Å². The zero-order valence-electron chi connectivity index (χ0n) is 26.9. The fourth-order valence-electron chi connectivity index (χ4n) is 5.45. The molecule has 4 rings (SSSR count). The standard InChI is InChI=1S/C34H41N5O8/c1-34(2,3)47-33(45)26-15-10-16-39(26)32(44)29(41)23(17-20-11-6-5-7-12-20)37-31(43)25(19-28(35)40)38-30(42)24-18-27(46-4)21-13-8-9-14-22(21)36-24/h5-9,11-14,18,23,25-26,29,41H,10,15-17,19H2,1-4H3,(H2,35,40)(H,37,43)(H,38,42)/t23-,25-,26-,29?/m0/s1. The number of hydrogen-bond donors (Lipinski definition) is 4. The van der Waals surface area contributed by atoms with Gasteiger partial charge in [0, 0.05) is 18.0 Å². The quantitative estimate of drug-likeness (QED) is 0.212. The number of nitrogens with one attached hydrogen (secondary N) is 2. The number of rotatable bonds is 12. The van der Waals surface area contributed by atoms with Crippen LogP contribution in [0.3, 0.4) is 0 Å². The van der Waals surface area contributed by atoms with E-state index in [1.54, 1.807) is 75.4 Å². The lowest BCUT2D eigenvalue weighted by atomic mass is 9.99. The fourth-order valence-corrected chi connectivity index (χ4v) is 5.45. The molecule has 250 valence electrons. The normalized spacial score (nSPS) is 16.5. The van der Waals surface area contributed by atoms with Crippen molar-refractivity contribution in [3.8, 4) is 5.75 Å². The molecule has 1 aromatic heterocycles. The summed E-state index contributed by atoms with van der Waals surface area (Å²) in [6.07, 6.45) is -1.44. The number of carbonyl (C=O) groups is 5. The minimum absolute atomic E-state index is 0.0189. The number of methoxy groups -OCH3 is 1. The third-order valence-electron chi connectivity index (χ3n) is 7.63. The van der Waals surface area contributed by atoms with Gasteiger partial charge in [0.05, 0.1) is 25.1 Å². The number of aliphatic hydroxyl groups excluding tert-OH is 1. The van der Waals surface area contributed by atoms with Crippen LogP contribution in [-0.4, -0.2) is 88.1 Å². The number of nitrogens with zero attached hydrogens (tertiary/aromatic N) is 2. The molecule has 13 nitrogen and oxygen atoms in total. The van der Waals surface area contributed by atoms with Crippen LogP contribution in [0.4, 0.5) is 0 Å². The minimum atomic E-state index is -1.78. The Bertz CT molecular complexity index is 1620. The van der Waals surface area contributed by atoms with Gasteiger partial charge in [0.25, 0.3) is 11.8 Å². The summed E-state index contributed by atoms with van der Waals surface area (Å²) < 4.78 is 10.9. The Morgan fingerprint density at radius 3 is 2.38 bits per heavy atom. The number of carbonyl (C=O) groups excluding carboxylic acids is 5. The lowest BCUT2D eigenvalue weighted by molar-refractivity contribution is -0.165. The molecule has 4 atom stereocenters. The van der Waals surface area contributed by atoms with Crippen LogP contribution in [0, 0.1) is 0 Å². The second-order valence-electron chi connectivity index (χ2n) is 12.4. The summed E-state index contributed by atoms with van der Waals surface area (Å²) in [6.45, 7) is 5.38. The molecule has 1 saturated heterocycles. The van der Waals surface area contributed by atoms with E-state index in [1.165, 1.54) is 18.1 Å². The summed E-state index contributed by atoms with van der Waals surface area (Å²) in [5.41, 5.74) is 5.76. The monoisotopic (exact) mass is 647 g/mol. The molecule has 0 saturated carbocycles. The van der Waals surface area contributed by atoms with E-state index in [0.717, 1.165) is 0 Å². The number of esters is 1. The maximum absolute atomic E-state index is 13.7. The highest BCUT2D eigenvalue weighted by Gasteiger charge is 2.41. The maximum atomic E-state index is 13.7. The molecule has 0 spiro atoms. The largest absolute Gasteiger partial charge is 0.496 e. The van der Waals surface area contributed by atoms with E-state index in [9.17, 15) is 29.1 Å². The van der Waals surface area contributed by atoms with Crippen LogP contribution in [-0.2, 0) is 30.3 Å². The van der Waals surface area contributed by atoms with Crippen LogP contribution >= 0.6 is 0 Å². The van der Waals surface area contributed by atoms with Crippen molar-refractivity contribution in [2.24, 2.45) is 5.73 Å². The predicted octanol–water partition coefficient (Wildman–Crippen LogP) is 1.64. The number of aliphatic hydroxyl groups is 1. The Balaban J connectivity index is 1.57. The number of amides is 4. The van der Waals surface area contributed by atoms with Gasteiger partial charge in [-0.05, 0) is 57.7 Å². The summed E-state index contributed by atoms with van der Waals surface area (Å²) in [5.74, 6) is -3.47. The highest BCUT2D eigenvalue weighted by atomic mass is 16.6. The third kappa shape index (κ3) is 9.03. The van der Waals surface area contributed by atoms with Gasteiger partial charge in [-0.3, -0.25) is 19.2 Å². The molecular formula is C34H41N5O8. The first-order valence-corrected chi connectivity index (χ1v) is 15.4. The Hall–Kier alpha value is -5.04. The zero-order chi connectivity index (χ0) is 34.3. The van der Waals surface area contributed by atoms with Crippen molar-refractivity contribution < 1.29 is 38.6 Å². The number of hydrogen-bond acceptors (Lipinski definition) is 9. The number of para-hydroxylation sites is 1. The van der Waals surface area contributed by atoms with Crippen molar-refractivity contribution in [1.29, 1.82) is 0 Å². The van der Waals surface area contributed by atoms with E-state index in [4.69, 9.17) is 15.2 Å². The molecule has 1 aliphatic rings. The molecule has 0 radical (unpaired) electrons. The highest BCUT2D eigenvalue weighted by molar-refractivity contribution is 6.00. The van der Waals surface area contributed by atoms with Crippen LogP contribution < -0.4 is 21.1 Å². The van der Waals surface area contributed by atoms with Crippen molar-refractivity contribution >= 4 is 40.5 Å². The molecule has 5 N–H and O–H groups in total. The van der Waals surface area contributed by atoms with Gasteiger partial charge in [0.2, 0.25) is 11.8 Å². The molecule has 2 aromatic carbocycles. The Kier molecular flexibility index (Phi) is 11.1. The SMILES string of the molecule is COc1cc(C(=O)N[C@@H](CC(N)=O)C(=O)N[C@@H](Cc2ccccc2)C(O)C(=O)N2CCC[C@H]2C(=O)OC(C)(C)C)nc2ccccc12. The van der Waals surface area contributed by atoms with Crippen LogP contribution in [0.5, 0.6) is 5.75 Å². The Labute approximate surface area is 272 Å². The molecule has 1 unspecified atom stereocenters. The average Bonchev–Trinajstić information content (AvgIpc) is 3.53. The first kappa shape index (κ1) is 34.8. The lowest BCUT2D eigenvalue weighted by Gasteiger charge is -2.32. The summed E-state index contributed by atoms with van der Waals surface area (Å²) in [4.78, 5) is 71.2. The van der Waals surface area contributed by atoms with Crippen LogP contribution in [0.2, 0.25) is 0 Å². The summed E-state index contributed by atoms with van der Waals surface area (Å²) >= 11 is 0. The number of likely N-dealkylation sites (tertiary alicyclic amines) is 1. The summed E-state index contributed by atoms with van der Waals surface area (Å²) in [6, 6.07) is 13.7. The van der Waals surface area contributed by atoms with Crippen LogP contribution in [0.15, 0.2) is 60.7 Å². The maximum Gasteiger partial charge on any atom is 0.329 e. The van der Waals surface area contributed by atoms with Crippen molar-refractivity contribution in [1.82, 2.24) is 20.5 Å². The zero-order valence-corrected chi connectivity index (χ0v) is 26.9. The number of ether oxygens (including phenoxy) is 2. The molecule has 13 heteroatoms. The van der Waals surface area contributed by atoms with Gasteiger partial charge in [-0.15, -0.1) is 0 Å². The lowest BCUT2D eigenvalue weighted by Crippen LogP contribution is -2.58. The molecule has 0 bridgehead atoms. The molecular weight excluding hydrogens is 606 g/mol. The molecule has 1 fully saturated rings. The van der Waals surface area contributed by atoms with Gasteiger partial charge < -0.3 is 35.8 Å². The molecule has 2 heterocycles. The molecule has 0 aliphatic carbocycles. The summed E-state index contributed by atoms with van der Waals surface area (Å²) in [7, 11) is 1.45. The summed E-state index contributed by atoms with van der Waals surface area (Å²) in [5, 5.41) is 17.2. The second-order valence-corrected chi connectivity index (χ2v) is 12.4. The number of fused-ring (bicyclic) bond motifs is 1. The van der Waals surface area contributed by atoms with Gasteiger partial charge in [0.1, 0.15) is 29.1 Å². The van der Waals surface area contributed by atoms with E-state index in [0.29, 0.717) is 35.1 Å². The van der Waals surface area contributed by atoms with E-state index in [2.05, 4.69) is 15.6 Å². The van der Waals surface area contributed by atoms with Gasteiger partial charge in [-0.25, -0.2) is 9.78 Å². The van der Waals surface area contributed by atoms with Gasteiger partial charge in [-0.2, -0.15) is 0 Å². The van der Waals surface area contributed by atoms with Crippen molar-refractivity contribution in [2.75, 3.05) is 13.7 Å². The van der Waals surface area contributed by atoms with E-state index in [-0.39, 0.29) is 18.7 Å². The van der Waals surface area contributed by atoms with Crippen molar-refractivity contribution in [3.05, 3.63) is 71.9 Å². The Morgan fingerprint density at radius 1 is 1.04 bits per heavy atom. The molecule has 1 aliphatic heterocycles. The van der Waals surface area contributed by atoms with Gasteiger partial charge in [0.15, 0.2) is 6.10 Å². The number of pyridine rings is 1. The van der Waals surface area contributed by atoms with Crippen molar-refractivity contribution in [3.63, 3.8) is 0 Å². The highest BCUT2D eigenvalue weighted by Crippen LogP contribution is 2.26. The third-order valence-corrected chi connectivity index (χ3v) is 7.63. The smallest absolute Gasteiger partial charge is 0.329 e. The van der Waals surface area contributed by atoms with E-state index < -0.39 is 65.8 Å². The number of nitrogens with two attached hydrogens (primary N) is 1. The Morgan fingerprint density at radius 2 is 1.72 bits per heavy atom.